The molecule has 0 aromatic heterocycles. The Bertz CT molecular complexity index is 666. The first-order valence-corrected chi connectivity index (χ1v) is 9.88. The van der Waals surface area contributed by atoms with Gasteiger partial charge in [0.05, 0.1) is 20.4 Å². The number of nitrogens with zero attached hydrogens (tertiary/aromatic N) is 1. The van der Waals surface area contributed by atoms with Crippen molar-refractivity contribution in [1.29, 1.82) is 0 Å². The topological polar surface area (TPSA) is 48.0 Å². The Balaban J connectivity index is 1.88. The number of benzene rings is 1. The van der Waals surface area contributed by atoms with E-state index in [0.29, 0.717) is 13.0 Å². The van der Waals surface area contributed by atoms with Crippen LogP contribution in [0.1, 0.15) is 50.3 Å². The molecule has 1 aromatic rings. The van der Waals surface area contributed by atoms with Gasteiger partial charge in [-0.1, -0.05) is 0 Å². The predicted octanol–water partition coefficient (Wildman–Crippen LogP) is 3.69. The van der Waals surface area contributed by atoms with Crippen molar-refractivity contribution in [1.82, 2.24) is 4.90 Å². The maximum absolute atomic E-state index is 12.7. The number of esters is 1. The predicted molar refractivity (Wildman–Crippen MR) is 101 cm³/mol. The maximum atomic E-state index is 12.7. The summed E-state index contributed by atoms with van der Waals surface area (Å²) < 4.78 is 29.6. The molecule has 0 amide bonds. The lowest BCUT2D eigenvalue weighted by molar-refractivity contribution is -0.154. The van der Waals surface area contributed by atoms with Crippen LogP contribution in [0.2, 0.25) is 0 Å². The first kappa shape index (κ1) is 19.9. The SMILES string of the molecule is CCOc1cc2c(cc1OC)CCN1C[C@@H](CCC[19F])[C@H](OC(C)=O)C[C@H]21. The third-order valence-electron chi connectivity index (χ3n) is 5.67. The molecule has 5 nitrogen and oxygen atoms in total. The van der Waals surface area contributed by atoms with Crippen molar-refractivity contribution >= 4 is 5.97 Å². The molecule has 0 N–H and O–H groups in total. The number of fused-ring (bicyclic) bond motifs is 3. The van der Waals surface area contributed by atoms with Gasteiger partial charge in [-0.05, 0) is 49.4 Å². The van der Waals surface area contributed by atoms with Crippen LogP contribution in [-0.4, -0.2) is 50.5 Å². The Morgan fingerprint density at radius 2 is 2.15 bits per heavy atom. The molecular weight excluding hydrogens is 349 g/mol. The molecule has 0 aliphatic carbocycles. The van der Waals surface area contributed by atoms with Crippen molar-refractivity contribution < 1.29 is 23.4 Å². The molecule has 2 heterocycles. The first-order chi connectivity index (χ1) is 13.1. The highest BCUT2D eigenvalue weighted by Gasteiger charge is 2.40. The Kier molecular flexibility index (Phi) is 6.58. The number of halogens is 1. The quantitative estimate of drug-likeness (QED) is 0.676. The summed E-state index contributed by atoms with van der Waals surface area (Å²) in [4.78, 5) is 14.1. The molecule has 2 aliphatic heterocycles. The molecule has 6 heteroatoms. The highest BCUT2D eigenvalue weighted by Crippen LogP contribution is 2.44. The fraction of sp³-hybridized carbons (Fsp3) is 0.667. The van der Waals surface area contributed by atoms with Gasteiger partial charge in [0, 0.05) is 38.4 Å². The molecule has 0 spiro atoms. The van der Waals surface area contributed by atoms with Crippen molar-refractivity contribution in [2.75, 3.05) is 33.5 Å². The molecule has 0 radical (unpaired) electrons. The van der Waals surface area contributed by atoms with Crippen molar-refractivity contribution in [2.24, 2.45) is 5.92 Å². The zero-order valence-electron chi connectivity index (χ0n) is 16.5. The number of hydrogen-bond acceptors (Lipinski definition) is 5. The largest absolute Gasteiger partial charge is 0.493 e. The van der Waals surface area contributed by atoms with Crippen molar-refractivity contribution in [2.45, 2.75) is 51.7 Å². The Hall–Kier alpha value is -1.82. The van der Waals surface area contributed by atoms with Crippen molar-refractivity contribution in [3.8, 4) is 11.5 Å². The lowest BCUT2D eigenvalue weighted by Gasteiger charge is -2.46. The molecule has 0 saturated carbocycles. The van der Waals surface area contributed by atoms with Crippen LogP contribution in [0.15, 0.2) is 12.1 Å². The van der Waals surface area contributed by atoms with E-state index in [1.54, 1.807) is 7.11 Å². The van der Waals surface area contributed by atoms with Crippen LogP contribution in [-0.2, 0) is 16.0 Å². The average molecular weight is 379 g/mol. The third-order valence-corrected chi connectivity index (χ3v) is 5.67. The van der Waals surface area contributed by atoms with Crippen LogP contribution in [0.4, 0.5) is 4.39 Å². The molecule has 1 aromatic carbocycles. The standard InChI is InChI=1S/C21H30FNO4/c1-4-26-21-11-17-15(10-20(21)25-3)7-9-23-13-16(6-5-8-22)19(12-18(17)23)27-14(2)24/h10-11,16,18-19H,4-9,12-13H2,1-3H3/t16-,18-,19-/m1/s1/i22+0. The zero-order valence-corrected chi connectivity index (χ0v) is 16.5. The van der Waals surface area contributed by atoms with Gasteiger partial charge in [0.15, 0.2) is 11.5 Å². The number of piperidine rings is 1. The molecule has 0 unspecified atom stereocenters. The van der Waals surface area contributed by atoms with E-state index in [1.807, 2.05) is 6.92 Å². The molecule has 3 atom stereocenters. The minimum absolute atomic E-state index is 0.168. The summed E-state index contributed by atoms with van der Waals surface area (Å²) in [7, 11) is 1.66. The smallest absolute Gasteiger partial charge is 0.302 e. The molecular formula is C21H30FNO4. The fourth-order valence-electron chi connectivity index (χ4n) is 4.49. The van der Waals surface area contributed by atoms with E-state index < -0.39 is 0 Å². The van der Waals surface area contributed by atoms with Gasteiger partial charge in [-0.25, -0.2) is 0 Å². The normalized spacial score (nSPS) is 24.7. The van der Waals surface area contributed by atoms with E-state index in [0.717, 1.165) is 43.9 Å². The summed E-state index contributed by atoms with van der Waals surface area (Å²) >= 11 is 0. The van der Waals surface area contributed by atoms with E-state index >= 15 is 0 Å². The minimum atomic E-state index is -0.326. The molecule has 27 heavy (non-hydrogen) atoms. The van der Waals surface area contributed by atoms with E-state index in [1.165, 1.54) is 18.1 Å². The van der Waals surface area contributed by atoms with Gasteiger partial charge in [0.2, 0.25) is 0 Å². The van der Waals surface area contributed by atoms with Gasteiger partial charge in [-0.15, -0.1) is 0 Å². The number of rotatable bonds is 7. The second kappa shape index (κ2) is 8.91. The summed E-state index contributed by atoms with van der Waals surface area (Å²) in [6, 6.07) is 4.35. The van der Waals surface area contributed by atoms with Crippen LogP contribution in [0.5, 0.6) is 11.5 Å². The second-order valence-corrected chi connectivity index (χ2v) is 7.37. The Morgan fingerprint density at radius 3 is 2.81 bits per heavy atom. The number of methoxy groups -OCH3 is 1. The van der Waals surface area contributed by atoms with Crippen molar-refractivity contribution in [3.63, 3.8) is 0 Å². The van der Waals surface area contributed by atoms with Crippen LogP contribution in [0.3, 0.4) is 0 Å². The number of ether oxygens (including phenoxy) is 3. The van der Waals surface area contributed by atoms with Gasteiger partial charge in [-0.3, -0.25) is 14.1 Å². The second-order valence-electron chi connectivity index (χ2n) is 7.37. The molecule has 0 bridgehead atoms. The number of alkyl halides is 1. The van der Waals surface area contributed by atoms with Gasteiger partial charge in [-0.2, -0.15) is 0 Å². The highest BCUT2D eigenvalue weighted by atomic mass is 19.1. The summed E-state index contributed by atoms with van der Waals surface area (Å²) in [5, 5.41) is 0. The summed E-state index contributed by atoms with van der Waals surface area (Å²) in [6.07, 6.45) is 2.78. The lowest BCUT2D eigenvalue weighted by atomic mass is 9.80. The Morgan fingerprint density at radius 1 is 1.33 bits per heavy atom. The summed E-state index contributed by atoms with van der Waals surface area (Å²) in [6.45, 7) is 5.44. The molecule has 1 fully saturated rings. The number of hydrogen-bond donors (Lipinski definition) is 0. The third kappa shape index (κ3) is 4.37. The summed E-state index contributed by atoms with van der Waals surface area (Å²) in [5.41, 5.74) is 2.49. The summed E-state index contributed by atoms with van der Waals surface area (Å²) in [5.74, 6) is 1.44. The van der Waals surface area contributed by atoms with Gasteiger partial charge >= 0.3 is 5.97 Å². The molecule has 1 saturated heterocycles. The van der Waals surface area contributed by atoms with Crippen LogP contribution < -0.4 is 9.47 Å². The maximum Gasteiger partial charge on any atom is 0.302 e. The lowest BCUT2D eigenvalue weighted by Crippen LogP contribution is -2.49. The van der Waals surface area contributed by atoms with E-state index in [-0.39, 0.29) is 30.7 Å². The number of carbonyl (C=O) groups excluding carboxylic acids is 1. The molecule has 2 aliphatic rings. The number of carbonyl (C=O) groups is 1. The molecule has 150 valence electrons. The minimum Gasteiger partial charge on any atom is -0.493 e. The van der Waals surface area contributed by atoms with Crippen molar-refractivity contribution in [3.05, 3.63) is 23.3 Å². The van der Waals surface area contributed by atoms with Crippen LogP contribution in [0, 0.1) is 5.92 Å². The van der Waals surface area contributed by atoms with Gasteiger partial charge in [0.25, 0.3) is 0 Å². The molecule has 3 rings (SSSR count). The fourth-order valence-corrected chi connectivity index (χ4v) is 4.49. The van der Waals surface area contributed by atoms with E-state index in [4.69, 9.17) is 14.2 Å². The highest BCUT2D eigenvalue weighted by molar-refractivity contribution is 5.66. The Labute approximate surface area is 160 Å². The average Bonchev–Trinajstić information content (AvgIpc) is 2.65. The van der Waals surface area contributed by atoms with E-state index in [2.05, 4.69) is 17.0 Å². The van der Waals surface area contributed by atoms with Crippen LogP contribution in [0.25, 0.3) is 0 Å². The van der Waals surface area contributed by atoms with E-state index in [9.17, 15) is 9.18 Å². The first-order valence-electron chi connectivity index (χ1n) is 9.88. The monoisotopic (exact) mass is 379 g/mol. The van der Waals surface area contributed by atoms with Crippen LogP contribution >= 0.6 is 0 Å². The van der Waals surface area contributed by atoms with Gasteiger partial charge < -0.3 is 14.2 Å². The zero-order chi connectivity index (χ0) is 19.4. The van der Waals surface area contributed by atoms with Gasteiger partial charge in [0.1, 0.15) is 6.10 Å².